The average molecular weight is 422 g/mol. The van der Waals surface area contributed by atoms with Gasteiger partial charge in [0.2, 0.25) is 11.8 Å². The Hall–Kier alpha value is -3.56. The molecule has 0 saturated heterocycles. The van der Waals surface area contributed by atoms with Crippen molar-refractivity contribution in [2.24, 2.45) is 0 Å². The first-order valence-electron chi connectivity index (χ1n) is 8.92. The van der Waals surface area contributed by atoms with E-state index >= 15 is 0 Å². The standard InChI is InChI=1S/C20H21F3N4O3/c1-27(13-17(28)26-16-10-6-5-9-15(16)20(21,22)23)18(29)12-25-19(30)24-11-14-7-3-2-4-8-14/h2-10H,11-13H2,1H3,(H,26,28)(H2,24,25,30). The van der Waals surface area contributed by atoms with Crippen molar-refractivity contribution in [3.05, 3.63) is 65.7 Å². The number of nitrogens with one attached hydrogen (secondary N) is 3. The Labute approximate surface area is 171 Å². The molecular formula is C20H21F3N4O3. The van der Waals surface area contributed by atoms with E-state index in [-0.39, 0.29) is 13.1 Å². The molecule has 2 aromatic carbocycles. The fourth-order valence-electron chi connectivity index (χ4n) is 2.46. The minimum atomic E-state index is -4.62. The van der Waals surface area contributed by atoms with E-state index in [1.54, 1.807) is 0 Å². The van der Waals surface area contributed by atoms with Gasteiger partial charge in [0.15, 0.2) is 0 Å². The number of halogens is 3. The van der Waals surface area contributed by atoms with Crippen LogP contribution < -0.4 is 16.0 Å². The van der Waals surface area contributed by atoms with Gasteiger partial charge < -0.3 is 20.9 Å². The highest BCUT2D eigenvalue weighted by molar-refractivity contribution is 5.95. The van der Waals surface area contributed by atoms with Crippen molar-refractivity contribution in [2.75, 3.05) is 25.5 Å². The number of para-hydroxylation sites is 1. The van der Waals surface area contributed by atoms with Gasteiger partial charge in [-0.3, -0.25) is 9.59 Å². The maximum atomic E-state index is 13.0. The molecule has 0 unspecified atom stereocenters. The van der Waals surface area contributed by atoms with Gasteiger partial charge in [-0.2, -0.15) is 13.2 Å². The summed E-state index contributed by atoms with van der Waals surface area (Å²) in [5, 5.41) is 7.10. The fourth-order valence-corrected chi connectivity index (χ4v) is 2.46. The third kappa shape index (κ3) is 7.12. The number of nitrogens with zero attached hydrogens (tertiary/aromatic N) is 1. The third-order valence-electron chi connectivity index (χ3n) is 4.01. The van der Waals surface area contributed by atoms with Gasteiger partial charge in [0.25, 0.3) is 0 Å². The summed E-state index contributed by atoms with van der Waals surface area (Å²) in [6.07, 6.45) is -4.62. The maximum Gasteiger partial charge on any atom is 0.418 e. The van der Waals surface area contributed by atoms with E-state index in [0.717, 1.165) is 22.6 Å². The highest BCUT2D eigenvalue weighted by atomic mass is 19.4. The Kier molecular flexibility index (Phi) is 7.79. The van der Waals surface area contributed by atoms with Crippen LogP contribution in [-0.2, 0) is 22.3 Å². The molecule has 0 saturated carbocycles. The summed E-state index contributed by atoms with van der Waals surface area (Å²) in [4.78, 5) is 36.9. The number of amides is 4. The van der Waals surface area contributed by atoms with Crippen LogP contribution in [0, 0.1) is 0 Å². The summed E-state index contributed by atoms with van der Waals surface area (Å²) >= 11 is 0. The minimum absolute atomic E-state index is 0.276. The van der Waals surface area contributed by atoms with Crippen LogP contribution >= 0.6 is 0 Å². The number of carbonyl (C=O) groups excluding carboxylic acids is 3. The lowest BCUT2D eigenvalue weighted by Gasteiger charge is -2.18. The molecule has 0 aliphatic carbocycles. The Balaban J connectivity index is 1.78. The van der Waals surface area contributed by atoms with Crippen molar-refractivity contribution in [1.29, 1.82) is 0 Å². The second-order valence-corrected chi connectivity index (χ2v) is 6.36. The first-order chi connectivity index (χ1) is 14.2. The average Bonchev–Trinajstić information content (AvgIpc) is 2.70. The van der Waals surface area contributed by atoms with E-state index in [1.165, 1.54) is 19.2 Å². The number of hydrogen-bond donors (Lipinski definition) is 3. The van der Waals surface area contributed by atoms with Gasteiger partial charge in [-0.1, -0.05) is 42.5 Å². The van der Waals surface area contributed by atoms with Crippen LogP contribution in [-0.4, -0.2) is 42.9 Å². The lowest BCUT2D eigenvalue weighted by molar-refractivity contribution is -0.137. The van der Waals surface area contributed by atoms with E-state index in [2.05, 4.69) is 16.0 Å². The Bertz CT molecular complexity index is 888. The molecule has 3 N–H and O–H groups in total. The molecule has 30 heavy (non-hydrogen) atoms. The number of benzene rings is 2. The van der Waals surface area contributed by atoms with Crippen LogP contribution in [0.25, 0.3) is 0 Å². The Morgan fingerprint density at radius 3 is 2.23 bits per heavy atom. The molecule has 160 valence electrons. The van der Waals surface area contributed by atoms with Gasteiger partial charge in [0.05, 0.1) is 24.3 Å². The second kappa shape index (κ2) is 10.3. The van der Waals surface area contributed by atoms with E-state index in [9.17, 15) is 27.6 Å². The molecule has 0 aliphatic heterocycles. The molecule has 0 bridgehead atoms. The molecule has 4 amide bonds. The van der Waals surface area contributed by atoms with Gasteiger partial charge in [-0.05, 0) is 17.7 Å². The molecule has 0 fully saturated rings. The largest absolute Gasteiger partial charge is 0.418 e. The fraction of sp³-hybridized carbons (Fsp3) is 0.250. The second-order valence-electron chi connectivity index (χ2n) is 6.36. The van der Waals surface area contributed by atoms with E-state index in [4.69, 9.17) is 0 Å². The Morgan fingerprint density at radius 1 is 0.933 bits per heavy atom. The molecule has 0 atom stereocenters. The summed E-state index contributed by atoms with van der Waals surface area (Å²) < 4.78 is 38.9. The lowest BCUT2D eigenvalue weighted by atomic mass is 10.1. The predicted octanol–water partition coefficient (Wildman–Crippen LogP) is 2.60. The number of urea groups is 1. The number of alkyl halides is 3. The zero-order valence-electron chi connectivity index (χ0n) is 16.1. The highest BCUT2D eigenvalue weighted by Crippen LogP contribution is 2.34. The van der Waals surface area contributed by atoms with Crippen molar-refractivity contribution >= 4 is 23.5 Å². The number of hydrogen-bond acceptors (Lipinski definition) is 3. The van der Waals surface area contributed by atoms with Crippen LogP contribution in [0.1, 0.15) is 11.1 Å². The van der Waals surface area contributed by atoms with Crippen LogP contribution in [0.3, 0.4) is 0 Å². The van der Waals surface area contributed by atoms with Crippen LogP contribution in [0.2, 0.25) is 0 Å². The van der Waals surface area contributed by atoms with Gasteiger partial charge in [-0.15, -0.1) is 0 Å². The van der Waals surface area contributed by atoms with Crippen molar-refractivity contribution in [3.63, 3.8) is 0 Å². The molecular weight excluding hydrogens is 401 g/mol. The van der Waals surface area contributed by atoms with Crippen LogP contribution in [0.15, 0.2) is 54.6 Å². The van der Waals surface area contributed by atoms with Crippen LogP contribution in [0.5, 0.6) is 0 Å². The molecule has 2 rings (SSSR count). The van der Waals surface area contributed by atoms with E-state index in [0.29, 0.717) is 0 Å². The summed E-state index contributed by atoms with van der Waals surface area (Å²) in [6, 6.07) is 13.1. The first-order valence-corrected chi connectivity index (χ1v) is 8.92. The zero-order chi connectivity index (χ0) is 22.1. The predicted molar refractivity (Wildman–Crippen MR) is 104 cm³/mol. The van der Waals surface area contributed by atoms with Crippen molar-refractivity contribution in [1.82, 2.24) is 15.5 Å². The normalized spacial score (nSPS) is 10.8. The summed E-state index contributed by atoms with van der Waals surface area (Å²) in [5.74, 6) is -1.37. The maximum absolute atomic E-state index is 13.0. The molecule has 0 spiro atoms. The van der Waals surface area contributed by atoms with E-state index < -0.39 is 41.8 Å². The molecule has 0 heterocycles. The zero-order valence-corrected chi connectivity index (χ0v) is 16.1. The number of anilines is 1. The SMILES string of the molecule is CN(CC(=O)Nc1ccccc1C(F)(F)F)C(=O)CNC(=O)NCc1ccccc1. The summed E-state index contributed by atoms with van der Waals surface area (Å²) in [7, 11) is 1.31. The minimum Gasteiger partial charge on any atom is -0.335 e. The summed E-state index contributed by atoms with van der Waals surface area (Å²) in [5.41, 5.74) is -0.495. The van der Waals surface area contributed by atoms with Gasteiger partial charge in [0, 0.05) is 13.6 Å². The third-order valence-corrected chi connectivity index (χ3v) is 4.01. The van der Waals surface area contributed by atoms with Gasteiger partial charge >= 0.3 is 12.2 Å². The molecule has 0 aromatic heterocycles. The Morgan fingerprint density at radius 2 is 1.57 bits per heavy atom. The molecule has 0 radical (unpaired) electrons. The number of carbonyl (C=O) groups is 3. The molecule has 0 aliphatic rings. The summed E-state index contributed by atoms with van der Waals surface area (Å²) in [6.45, 7) is -0.570. The lowest BCUT2D eigenvalue weighted by Crippen LogP contribution is -2.44. The number of rotatable bonds is 7. The van der Waals surface area contributed by atoms with Crippen molar-refractivity contribution < 1.29 is 27.6 Å². The van der Waals surface area contributed by atoms with Crippen molar-refractivity contribution in [2.45, 2.75) is 12.7 Å². The highest BCUT2D eigenvalue weighted by Gasteiger charge is 2.33. The van der Waals surface area contributed by atoms with E-state index in [1.807, 2.05) is 30.3 Å². The molecule has 2 aromatic rings. The molecule has 7 nitrogen and oxygen atoms in total. The van der Waals surface area contributed by atoms with Gasteiger partial charge in [0.1, 0.15) is 0 Å². The molecule has 10 heteroatoms. The van der Waals surface area contributed by atoms with Crippen molar-refractivity contribution in [3.8, 4) is 0 Å². The number of likely N-dealkylation sites (N-methyl/N-ethyl adjacent to an activating group) is 1. The van der Waals surface area contributed by atoms with Gasteiger partial charge in [-0.25, -0.2) is 4.79 Å². The quantitative estimate of drug-likeness (QED) is 0.641. The topological polar surface area (TPSA) is 90.5 Å². The van der Waals surface area contributed by atoms with Crippen LogP contribution in [0.4, 0.5) is 23.7 Å². The monoisotopic (exact) mass is 422 g/mol. The smallest absolute Gasteiger partial charge is 0.335 e. The first kappa shape index (κ1) is 22.7.